The van der Waals surface area contributed by atoms with Crippen LogP contribution in [0.1, 0.15) is 20.8 Å². The zero-order valence-electron chi connectivity index (χ0n) is 15.1. The van der Waals surface area contributed by atoms with E-state index in [4.69, 9.17) is 0 Å². The molecule has 3 aromatic rings. The van der Waals surface area contributed by atoms with Crippen LogP contribution in [0.4, 0.5) is 11.5 Å². The van der Waals surface area contributed by atoms with Crippen LogP contribution in [0.25, 0.3) is 16.9 Å². The molecule has 3 N–H and O–H groups in total. The van der Waals surface area contributed by atoms with Gasteiger partial charge in [0.2, 0.25) is 5.91 Å². The highest BCUT2D eigenvalue weighted by atomic mass is 16.3. The Bertz CT molecular complexity index is 919. The van der Waals surface area contributed by atoms with E-state index in [-0.39, 0.29) is 24.5 Å². The number of anilines is 2. The highest BCUT2D eigenvalue weighted by molar-refractivity contribution is 5.89. The molecule has 0 saturated heterocycles. The van der Waals surface area contributed by atoms with Gasteiger partial charge in [-0.2, -0.15) is 0 Å². The van der Waals surface area contributed by atoms with Gasteiger partial charge in [0, 0.05) is 18.2 Å². The number of amides is 1. The number of carbonyl (C=O) groups is 1. The molecule has 26 heavy (non-hydrogen) atoms. The maximum atomic E-state index is 11.3. The lowest BCUT2D eigenvalue weighted by atomic mass is 10.1. The van der Waals surface area contributed by atoms with Gasteiger partial charge < -0.3 is 15.7 Å². The van der Waals surface area contributed by atoms with Gasteiger partial charge in [-0.3, -0.25) is 4.79 Å². The number of benzene rings is 1. The molecular weight excluding hydrogens is 330 g/mol. The Kier molecular flexibility index (Phi) is 5.18. The maximum absolute atomic E-state index is 11.3. The molecule has 0 aliphatic rings. The molecule has 1 aromatic carbocycles. The summed E-state index contributed by atoms with van der Waals surface area (Å²) in [4.78, 5) is 15.7. The molecule has 3 rings (SSSR count). The number of hydrogen-bond acceptors (Lipinski definition) is 5. The predicted molar refractivity (Wildman–Crippen MR) is 102 cm³/mol. The summed E-state index contributed by atoms with van der Waals surface area (Å²) in [5.41, 5.74) is 3.16. The van der Waals surface area contributed by atoms with Crippen molar-refractivity contribution in [3.05, 3.63) is 42.6 Å². The number of fused-ring (bicyclic) bond motifs is 1. The zero-order valence-corrected chi connectivity index (χ0v) is 15.1. The van der Waals surface area contributed by atoms with E-state index >= 15 is 0 Å². The minimum Gasteiger partial charge on any atom is -0.394 e. The monoisotopic (exact) mass is 353 g/mol. The first-order valence-corrected chi connectivity index (χ1v) is 8.58. The van der Waals surface area contributed by atoms with E-state index in [1.165, 1.54) is 6.92 Å². The second kappa shape index (κ2) is 7.53. The first kappa shape index (κ1) is 17.9. The van der Waals surface area contributed by atoms with E-state index < -0.39 is 0 Å². The fourth-order valence-electron chi connectivity index (χ4n) is 2.72. The normalized spacial score (nSPS) is 12.3. The van der Waals surface area contributed by atoms with Crippen molar-refractivity contribution in [1.82, 2.24) is 14.6 Å². The van der Waals surface area contributed by atoms with Crippen LogP contribution < -0.4 is 10.6 Å². The SMILES string of the molecule is CC(=O)Nc1cccc(-c2cnc3ccc(N[C@H](CO)C(C)C)nn23)c1. The molecule has 0 radical (unpaired) electrons. The van der Waals surface area contributed by atoms with E-state index in [0.29, 0.717) is 5.82 Å². The summed E-state index contributed by atoms with van der Waals surface area (Å²) in [6.07, 6.45) is 1.75. The molecule has 7 heteroatoms. The zero-order chi connectivity index (χ0) is 18.7. The average Bonchev–Trinajstić information content (AvgIpc) is 3.02. The Labute approximate surface area is 152 Å². The number of nitrogens with one attached hydrogen (secondary N) is 2. The number of aliphatic hydroxyl groups is 1. The smallest absolute Gasteiger partial charge is 0.221 e. The molecule has 0 spiro atoms. The Hall–Kier alpha value is -2.93. The summed E-state index contributed by atoms with van der Waals surface area (Å²) >= 11 is 0. The van der Waals surface area contributed by atoms with Gasteiger partial charge in [-0.15, -0.1) is 5.10 Å². The number of hydrogen-bond donors (Lipinski definition) is 3. The van der Waals surface area contributed by atoms with Gasteiger partial charge in [0.25, 0.3) is 0 Å². The summed E-state index contributed by atoms with van der Waals surface area (Å²) in [6.45, 7) is 5.60. The molecule has 0 bridgehead atoms. The van der Waals surface area contributed by atoms with Gasteiger partial charge in [0.1, 0.15) is 5.82 Å². The molecule has 0 fully saturated rings. The fraction of sp³-hybridized carbons (Fsp3) is 0.316. The van der Waals surface area contributed by atoms with Gasteiger partial charge in [-0.05, 0) is 30.2 Å². The fourth-order valence-corrected chi connectivity index (χ4v) is 2.72. The third-order valence-corrected chi connectivity index (χ3v) is 4.18. The van der Waals surface area contributed by atoms with Crippen molar-refractivity contribution in [2.24, 2.45) is 5.92 Å². The molecule has 0 unspecified atom stereocenters. The molecule has 0 saturated carbocycles. The molecule has 0 aliphatic carbocycles. The van der Waals surface area contributed by atoms with Crippen molar-refractivity contribution >= 4 is 23.1 Å². The molecule has 136 valence electrons. The lowest BCUT2D eigenvalue weighted by Gasteiger charge is -2.20. The highest BCUT2D eigenvalue weighted by Gasteiger charge is 2.14. The van der Waals surface area contributed by atoms with Crippen LogP contribution in [-0.2, 0) is 4.79 Å². The van der Waals surface area contributed by atoms with E-state index in [1.54, 1.807) is 10.7 Å². The van der Waals surface area contributed by atoms with Crippen molar-refractivity contribution in [2.45, 2.75) is 26.8 Å². The van der Waals surface area contributed by atoms with Crippen molar-refractivity contribution in [3.8, 4) is 11.3 Å². The Morgan fingerprint density at radius 3 is 2.77 bits per heavy atom. The summed E-state index contributed by atoms with van der Waals surface area (Å²) in [5.74, 6) is 0.824. The average molecular weight is 353 g/mol. The molecule has 0 aliphatic heterocycles. The highest BCUT2D eigenvalue weighted by Crippen LogP contribution is 2.24. The predicted octanol–water partition coefficient (Wildman–Crippen LogP) is 2.78. The third-order valence-electron chi connectivity index (χ3n) is 4.18. The molecule has 7 nitrogen and oxygen atoms in total. The number of carbonyl (C=O) groups excluding carboxylic acids is 1. The number of rotatable bonds is 6. The van der Waals surface area contributed by atoms with Crippen molar-refractivity contribution in [2.75, 3.05) is 17.2 Å². The van der Waals surface area contributed by atoms with Crippen molar-refractivity contribution < 1.29 is 9.90 Å². The molecule has 1 amide bonds. The lowest BCUT2D eigenvalue weighted by molar-refractivity contribution is -0.114. The Morgan fingerprint density at radius 2 is 2.08 bits per heavy atom. The second-order valence-corrected chi connectivity index (χ2v) is 6.57. The summed E-state index contributed by atoms with van der Waals surface area (Å²) < 4.78 is 1.75. The molecule has 2 heterocycles. The quantitative estimate of drug-likeness (QED) is 0.634. The molecule has 2 aromatic heterocycles. The van der Waals surface area contributed by atoms with Gasteiger partial charge in [-0.1, -0.05) is 26.0 Å². The first-order valence-electron chi connectivity index (χ1n) is 8.58. The minimum absolute atomic E-state index is 0.0347. The minimum atomic E-state index is -0.117. The Morgan fingerprint density at radius 1 is 1.27 bits per heavy atom. The topological polar surface area (TPSA) is 91.5 Å². The second-order valence-electron chi connectivity index (χ2n) is 6.57. The Balaban J connectivity index is 1.97. The van der Waals surface area contributed by atoms with Crippen LogP contribution in [0.2, 0.25) is 0 Å². The molecular formula is C19H23N5O2. The van der Waals surface area contributed by atoms with Crippen LogP contribution in [0.3, 0.4) is 0 Å². The standard InChI is InChI=1S/C19H23N5O2/c1-12(2)16(11-25)22-18-7-8-19-20-10-17(24(19)23-18)14-5-4-6-15(9-14)21-13(3)26/h4-10,12,16,25H,11H2,1-3H3,(H,21,26)(H,22,23)/t16-/m1/s1. The van der Waals surface area contributed by atoms with Gasteiger partial charge in [0.05, 0.1) is 24.5 Å². The van der Waals surface area contributed by atoms with Crippen LogP contribution >= 0.6 is 0 Å². The van der Waals surface area contributed by atoms with Crippen LogP contribution in [0.5, 0.6) is 0 Å². The largest absolute Gasteiger partial charge is 0.394 e. The number of imidazole rings is 1. The number of aliphatic hydroxyl groups excluding tert-OH is 1. The third kappa shape index (κ3) is 3.83. The maximum Gasteiger partial charge on any atom is 0.221 e. The van der Waals surface area contributed by atoms with Crippen LogP contribution in [-0.4, -0.2) is 38.3 Å². The van der Waals surface area contributed by atoms with E-state index in [9.17, 15) is 9.90 Å². The van der Waals surface area contributed by atoms with E-state index in [2.05, 4.69) is 20.7 Å². The first-order chi connectivity index (χ1) is 12.5. The van der Waals surface area contributed by atoms with E-state index in [1.807, 2.05) is 50.2 Å². The van der Waals surface area contributed by atoms with Crippen molar-refractivity contribution in [3.63, 3.8) is 0 Å². The van der Waals surface area contributed by atoms with Crippen LogP contribution in [0, 0.1) is 5.92 Å². The van der Waals surface area contributed by atoms with Gasteiger partial charge in [0.15, 0.2) is 5.65 Å². The van der Waals surface area contributed by atoms with E-state index in [0.717, 1.165) is 22.6 Å². The number of aromatic nitrogens is 3. The summed E-state index contributed by atoms with van der Waals surface area (Å²) in [5, 5.41) is 20.2. The van der Waals surface area contributed by atoms with Crippen molar-refractivity contribution in [1.29, 1.82) is 0 Å². The lowest BCUT2D eigenvalue weighted by Crippen LogP contribution is -2.30. The molecule has 1 atom stereocenters. The summed E-state index contributed by atoms with van der Waals surface area (Å²) in [6, 6.07) is 11.2. The number of nitrogens with zero attached hydrogens (tertiary/aromatic N) is 3. The van der Waals surface area contributed by atoms with Crippen LogP contribution in [0.15, 0.2) is 42.6 Å². The van der Waals surface area contributed by atoms with Gasteiger partial charge >= 0.3 is 0 Å². The van der Waals surface area contributed by atoms with Gasteiger partial charge in [-0.25, -0.2) is 9.50 Å². The summed E-state index contributed by atoms with van der Waals surface area (Å²) in [7, 11) is 0.